The Bertz CT molecular complexity index is 1000. The van der Waals surface area contributed by atoms with Crippen LogP contribution in [0.4, 0.5) is 14.5 Å². The second-order valence-electron chi connectivity index (χ2n) is 5.18. The summed E-state index contributed by atoms with van der Waals surface area (Å²) in [6, 6.07) is 3.78. The Labute approximate surface area is 137 Å². The number of halogens is 2. The molecule has 0 aliphatic rings. The number of hydrogen-bond donors (Lipinski definition) is 1. The molecule has 0 radical (unpaired) electrons. The van der Waals surface area contributed by atoms with Gasteiger partial charge in [0, 0.05) is 11.9 Å². The molecule has 0 aliphatic carbocycles. The fraction of sp³-hybridized carbons (Fsp3) is 0.200. The number of benzene rings is 1. The maximum absolute atomic E-state index is 13.7. The smallest absolute Gasteiger partial charge is 0.264 e. The van der Waals surface area contributed by atoms with Crippen LogP contribution in [0.25, 0.3) is 11.0 Å². The lowest BCUT2D eigenvalue weighted by atomic mass is 10.3. The van der Waals surface area contributed by atoms with Gasteiger partial charge < -0.3 is 0 Å². The van der Waals surface area contributed by atoms with Crippen LogP contribution in [0.15, 0.2) is 41.6 Å². The number of aryl methyl sites for hydroxylation is 1. The molecule has 0 aliphatic heterocycles. The normalized spacial score (nSPS) is 11.8. The van der Waals surface area contributed by atoms with Crippen LogP contribution in [0.2, 0.25) is 0 Å². The summed E-state index contributed by atoms with van der Waals surface area (Å²) >= 11 is 0. The van der Waals surface area contributed by atoms with Crippen molar-refractivity contribution in [2.75, 3.05) is 4.72 Å². The second-order valence-corrected chi connectivity index (χ2v) is 6.84. The zero-order valence-electron chi connectivity index (χ0n) is 12.7. The molecule has 126 valence electrons. The van der Waals surface area contributed by atoms with E-state index < -0.39 is 26.6 Å². The van der Waals surface area contributed by atoms with Gasteiger partial charge in [-0.05, 0) is 30.7 Å². The first kappa shape index (κ1) is 16.3. The second kappa shape index (κ2) is 6.16. The van der Waals surface area contributed by atoms with Crippen molar-refractivity contribution in [3.8, 4) is 0 Å². The van der Waals surface area contributed by atoms with Crippen molar-refractivity contribution in [2.45, 2.75) is 24.8 Å². The maximum Gasteiger partial charge on any atom is 0.264 e. The molecule has 0 saturated carbocycles. The van der Waals surface area contributed by atoms with Gasteiger partial charge in [-0.15, -0.1) is 0 Å². The molecule has 3 aromatic rings. The molecule has 0 fully saturated rings. The molecule has 1 N–H and O–H groups in total. The minimum absolute atomic E-state index is 0.141. The summed E-state index contributed by atoms with van der Waals surface area (Å²) in [5, 5.41) is 4.82. The Morgan fingerprint density at radius 3 is 2.75 bits per heavy atom. The van der Waals surface area contributed by atoms with Crippen molar-refractivity contribution in [2.24, 2.45) is 0 Å². The van der Waals surface area contributed by atoms with Crippen LogP contribution in [0, 0.1) is 11.6 Å². The Morgan fingerprint density at radius 1 is 1.21 bits per heavy atom. The van der Waals surface area contributed by atoms with Gasteiger partial charge in [-0.3, -0.25) is 4.72 Å². The van der Waals surface area contributed by atoms with Crippen LogP contribution in [0.3, 0.4) is 0 Å². The maximum atomic E-state index is 13.7. The van der Waals surface area contributed by atoms with Gasteiger partial charge >= 0.3 is 0 Å². The lowest BCUT2D eigenvalue weighted by Crippen LogP contribution is -2.15. The number of hydrogen-bond acceptors (Lipinski definition) is 4. The Kier molecular flexibility index (Phi) is 4.18. The first-order chi connectivity index (χ1) is 11.4. The van der Waals surface area contributed by atoms with E-state index >= 15 is 0 Å². The molecule has 2 aromatic heterocycles. The molecule has 24 heavy (non-hydrogen) atoms. The average molecular weight is 352 g/mol. The van der Waals surface area contributed by atoms with E-state index in [0.717, 1.165) is 18.6 Å². The minimum atomic E-state index is -4.27. The average Bonchev–Trinajstić information content (AvgIpc) is 2.92. The van der Waals surface area contributed by atoms with E-state index in [4.69, 9.17) is 0 Å². The highest BCUT2D eigenvalue weighted by molar-refractivity contribution is 7.92. The van der Waals surface area contributed by atoms with Gasteiger partial charge in [0.1, 0.15) is 16.5 Å². The lowest BCUT2D eigenvalue weighted by Gasteiger charge is -2.09. The molecule has 1 aromatic carbocycles. The molecule has 0 bridgehead atoms. The predicted molar refractivity (Wildman–Crippen MR) is 85.0 cm³/mol. The molecule has 0 unspecified atom stereocenters. The predicted octanol–water partition coefficient (Wildman–Crippen LogP) is 2.92. The van der Waals surface area contributed by atoms with Crippen LogP contribution in [0.5, 0.6) is 0 Å². The molecular formula is C15H14F2N4O2S. The lowest BCUT2D eigenvalue weighted by molar-refractivity contribution is 0.555. The summed E-state index contributed by atoms with van der Waals surface area (Å²) in [6.45, 7) is 2.69. The molecule has 0 spiro atoms. The molecule has 3 rings (SSSR count). The van der Waals surface area contributed by atoms with Gasteiger partial charge in [0.05, 0.1) is 18.1 Å². The number of nitrogens with one attached hydrogen (secondary N) is 1. The zero-order valence-corrected chi connectivity index (χ0v) is 13.5. The van der Waals surface area contributed by atoms with Crippen molar-refractivity contribution >= 4 is 26.7 Å². The quantitative estimate of drug-likeness (QED) is 0.766. The third kappa shape index (κ3) is 3.07. The number of anilines is 1. The number of nitrogens with zero attached hydrogens (tertiary/aromatic N) is 3. The molecule has 0 atom stereocenters. The van der Waals surface area contributed by atoms with Crippen molar-refractivity contribution < 1.29 is 17.2 Å². The van der Waals surface area contributed by atoms with Crippen LogP contribution in [-0.2, 0) is 16.6 Å². The van der Waals surface area contributed by atoms with E-state index in [9.17, 15) is 17.2 Å². The number of aromatic nitrogens is 3. The monoisotopic (exact) mass is 352 g/mol. The van der Waals surface area contributed by atoms with E-state index in [2.05, 4.69) is 14.8 Å². The Balaban J connectivity index is 1.95. The summed E-state index contributed by atoms with van der Waals surface area (Å²) in [6.07, 6.45) is 3.76. The minimum Gasteiger partial charge on any atom is -0.278 e. The molecule has 6 nitrogen and oxygen atoms in total. The Hall–Kier alpha value is -2.55. The van der Waals surface area contributed by atoms with Gasteiger partial charge in [-0.25, -0.2) is 26.9 Å². The van der Waals surface area contributed by atoms with Crippen LogP contribution < -0.4 is 4.72 Å². The van der Waals surface area contributed by atoms with Crippen LogP contribution >= 0.6 is 0 Å². The topological polar surface area (TPSA) is 76.9 Å². The highest BCUT2D eigenvalue weighted by atomic mass is 32.2. The van der Waals surface area contributed by atoms with Crippen LogP contribution in [0.1, 0.15) is 13.3 Å². The highest BCUT2D eigenvalue weighted by Gasteiger charge is 2.20. The van der Waals surface area contributed by atoms with Gasteiger partial charge in [0.15, 0.2) is 5.65 Å². The summed E-state index contributed by atoms with van der Waals surface area (Å²) in [5.41, 5.74) is 0.763. The zero-order chi connectivity index (χ0) is 17.3. The summed E-state index contributed by atoms with van der Waals surface area (Å²) in [7, 11) is -4.27. The summed E-state index contributed by atoms with van der Waals surface area (Å²) in [5.74, 6) is -1.88. The number of pyridine rings is 1. The van der Waals surface area contributed by atoms with E-state index in [1.54, 1.807) is 10.9 Å². The first-order valence-electron chi connectivity index (χ1n) is 7.20. The van der Waals surface area contributed by atoms with E-state index in [1.165, 1.54) is 12.3 Å². The Morgan fingerprint density at radius 2 is 2.00 bits per heavy atom. The fourth-order valence-electron chi connectivity index (χ4n) is 2.30. The summed E-state index contributed by atoms with van der Waals surface area (Å²) < 4.78 is 55.3. The summed E-state index contributed by atoms with van der Waals surface area (Å²) in [4.78, 5) is 3.42. The van der Waals surface area contributed by atoms with Crippen molar-refractivity contribution in [1.82, 2.24) is 14.8 Å². The van der Waals surface area contributed by atoms with Gasteiger partial charge in [-0.2, -0.15) is 5.10 Å². The largest absolute Gasteiger partial charge is 0.278 e. The number of fused-ring (bicyclic) bond motifs is 1. The molecule has 9 heteroatoms. The van der Waals surface area contributed by atoms with Crippen molar-refractivity contribution in [3.05, 3.63) is 48.3 Å². The van der Waals surface area contributed by atoms with Crippen molar-refractivity contribution in [1.29, 1.82) is 0 Å². The fourth-order valence-corrected chi connectivity index (χ4v) is 3.42. The number of rotatable bonds is 5. The van der Waals surface area contributed by atoms with E-state index in [1.807, 2.05) is 6.92 Å². The third-order valence-corrected chi connectivity index (χ3v) is 4.74. The van der Waals surface area contributed by atoms with E-state index in [0.29, 0.717) is 23.6 Å². The van der Waals surface area contributed by atoms with E-state index in [-0.39, 0.29) is 5.69 Å². The van der Waals surface area contributed by atoms with Crippen LogP contribution in [-0.4, -0.2) is 23.2 Å². The SMILES string of the molecule is CCCn1ncc2cc(NS(=O)(=O)c3cc(F)ccc3F)cnc21. The first-order valence-corrected chi connectivity index (χ1v) is 8.68. The third-order valence-electron chi connectivity index (χ3n) is 3.35. The molecule has 2 heterocycles. The molecular weight excluding hydrogens is 338 g/mol. The highest BCUT2D eigenvalue weighted by Crippen LogP contribution is 2.22. The van der Waals surface area contributed by atoms with Gasteiger partial charge in [0.2, 0.25) is 0 Å². The van der Waals surface area contributed by atoms with Gasteiger partial charge in [-0.1, -0.05) is 6.92 Å². The standard InChI is InChI=1S/C15H14F2N4O2S/c1-2-5-21-15-10(8-19-21)6-12(9-18-15)20-24(22,23)14-7-11(16)3-4-13(14)17/h3-4,6-9,20H,2,5H2,1H3. The van der Waals surface area contributed by atoms with Gasteiger partial charge in [0.25, 0.3) is 10.0 Å². The van der Waals surface area contributed by atoms with Crippen molar-refractivity contribution in [3.63, 3.8) is 0 Å². The number of sulfonamides is 1. The molecule has 0 saturated heterocycles. The molecule has 0 amide bonds.